The smallest absolute Gasteiger partial charge is 0.322 e. The number of carbonyl (C=O) groups is 3. The number of amides is 4. The summed E-state index contributed by atoms with van der Waals surface area (Å²) in [5, 5.41) is 3.59. The predicted octanol–water partition coefficient (Wildman–Crippen LogP) is 2.19. The fraction of sp³-hybridized carbons (Fsp3) is 0.400. The van der Waals surface area contributed by atoms with Crippen LogP contribution in [0.25, 0.3) is 0 Å². The van der Waals surface area contributed by atoms with Gasteiger partial charge in [0.05, 0.1) is 0 Å². The predicted molar refractivity (Wildman–Crippen MR) is 87.8 cm³/mol. The van der Waals surface area contributed by atoms with Crippen LogP contribution in [0.5, 0.6) is 0 Å². The molecule has 1 spiro atoms. The summed E-state index contributed by atoms with van der Waals surface area (Å²) in [6.07, 6.45) is 4.15. The van der Waals surface area contributed by atoms with Crippen molar-refractivity contribution in [2.45, 2.75) is 37.6 Å². The quantitative estimate of drug-likeness (QED) is 0.577. The Hall–Kier alpha value is -1.64. The zero-order valence-electron chi connectivity index (χ0n) is 11.9. The van der Waals surface area contributed by atoms with Crippen LogP contribution in [0.15, 0.2) is 24.3 Å². The average Bonchev–Trinajstić information content (AvgIpc) is 2.72. The van der Waals surface area contributed by atoms with Gasteiger partial charge in [0.25, 0.3) is 11.8 Å². The molecule has 0 atom stereocenters. The summed E-state index contributed by atoms with van der Waals surface area (Å²) in [5.74, 6) is -0.814. The molecule has 0 radical (unpaired) electrons. The number of carbonyl (C=O) groups excluding carboxylic acids is 3. The minimum absolute atomic E-state index is 0.351. The van der Waals surface area contributed by atoms with Crippen molar-refractivity contribution in [1.82, 2.24) is 15.8 Å². The van der Waals surface area contributed by atoms with Crippen LogP contribution in [0.2, 0.25) is 0 Å². The molecule has 1 aromatic carbocycles. The summed E-state index contributed by atoms with van der Waals surface area (Å²) < 4.78 is 0.909. The standard InChI is InChI=1S/C15H16IN3O3/c16-11-6-4-5-10(9-11)12(20)18-19-13(21)15(17-14(19)22)7-2-1-3-8-15/h4-6,9H,1-3,7-8H2,(H,17,22)(H,18,20). The maximum absolute atomic E-state index is 12.6. The van der Waals surface area contributed by atoms with Crippen LogP contribution in [-0.4, -0.2) is 28.4 Å². The molecule has 0 aromatic heterocycles. The highest BCUT2D eigenvalue weighted by Gasteiger charge is 2.52. The van der Waals surface area contributed by atoms with Gasteiger partial charge in [-0.1, -0.05) is 25.3 Å². The molecular weight excluding hydrogens is 397 g/mol. The van der Waals surface area contributed by atoms with Crippen molar-refractivity contribution >= 4 is 40.4 Å². The lowest BCUT2D eigenvalue weighted by molar-refractivity contribution is -0.134. The van der Waals surface area contributed by atoms with Crippen molar-refractivity contribution in [1.29, 1.82) is 0 Å². The van der Waals surface area contributed by atoms with Gasteiger partial charge in [-0.3, -0.25) is 15.0 Å². The van der Waals surface area contributed by atoms with Crippen LogP contribution in [0.4, 0.5) is 4.79 Å². The molecule has 1 aliphatic carbocycles. The lowest BCUT2D eigenvalue weighted by atomic mass is 9.82. The monoisotopic (exact) mass is 413 g/mol. The first-order chi connectivity index (χ1) is 10.5. The van der Waals surface area contributed by atoms with Gasteiger partial charge in [-0.05, 0) is 53.6 Å². The highest BCUT2D eigenvalue weighted by atomic mass is 127. The van der Waals surface area contributed by atoms with Gasteiger partial charge in [0, 0.05) is 9.13 Å². The molecule has 2 aliphatic rings. The van der Waals surface area contributed by atoms with E-state index < -0.39 is 17.5 Å². The first-order valence-electron chi connectivity index (χ1n) is 7.25. The molecule has 7 heteroatoms. The van der Waals surface area contributed by atoms with Gasteiger partial charge >= 0.3 is 6.03 Å². The molecule has 2 fully saturated rings. The van der Waals surface area contributed by atoms with Gasteiger partial charge < -0.3 is 5.32 Å². The summed E-state index contributed by atoms with van der Waals surface area (Å²) in [5.41, 5.74) is 2.01. The lowest BCUT2D eigenvalue weighted by Gasteiger charge is -2.30. The van der Waals surface area contributed by atoms with E-state index in [9.17, 15) is 14.4 Å². The van der Waals surface area contributed by atoms with Gasteiger partial charge in [-0.25, -0.2) is 4.79 Å². The second kappa shape index (κ2) is 5.86. The molecule has 1 saturated heterocycles. The lowest BCUT2D eigenvalue weighted by Crippen LogP contribution is -2.50. The van der Waals surface area contributed by atoms with Gasteiger partial charge in [0.1, 0.15) is 5.54 Å². The zero-order valence-corrected chi connectivity index (χ0v) is 14.1. The molecule has 4 amide bonds. The number of hydrogen-bond donors (Lipinski definition) is 2. The van der Waals surface area contributed by atoms with E-state index in [-0.39, 0.29) is 5.91 Å². The van der Waals surface area contributed by atoms with E-state index in [0.717, 1.165) is 27.8 Å². The Balaban J connectivity index is 1.76. The molecule has 0 bridgehead atoms. The Kier molecular flexibility index (Phi) is 4.07. The number of nitrogens with zero attached hydrogens (tertiary/aromatic N) is 1. The number of imide groups is 1. The average molecular weight is 413 g/mol. The van der Waals surface area contributed by atoms with Gasteiger partial charge in [0.2, 0.25) is 0 Å². The van der Waals surface area contributed by atoms with E-state index in [4.69, 9.17) is 0 Å². The van der Waals surface area contributed by atoms with E-state index in [1.807, 2.05) is 6.07 Å². The molecule has 1 aliphatic heterocycles. The van der Waals surface area contributed by atoms with E-state index in [1.165, 1.54) is 0 Å². The molecule has 22 heavy (non-hydrogen) atoms. The molecule has 1 saturated carbocycles. The van der Waals surface area contributed by atoms with Crippen LogP contribution in [0.1, 0.15) is 42.5 Å². The van der Waals surface area contributed by atoms with E-state index in [1.54, 1.807) is 18.2 Å². The molecule has 6 nitrogen and oxygen atoms in total. The zero-order chi connectivity index (χ0) is 15.7. The SMILES string of the molecule is O=C(NN1C(=O)NC2(CCCCC2)C1=O)c1cccc(I)c1. The van der Waals surface area contributed by atoms with Gasteiger partial charge in [-0.15, -0.1) is 0 Å². The molecule has 1 aromatic rings. The van der Waals surface area contributed by atoms with Crippen LogP contribution in [-0.2, 0) is 4.79 Å². The molecule has 2 N–H and O–H groups in total. The molecule has 3 rings (SSSR count). The molecular formula is C15H16IN3O3. The topological polar surface area (TPSA) is 78.5 Å². The van der Waals surface area contributed by atoms with Gasteiger partial charge in [-0.2, -0.15) is 5.01 Å². The number of benzene rings is 1. The maximum Gasteiger partial charge on any atom is 0.344 e. The third-order valence-corrected chi connectivity index (χ3v) is 4.84. The summed E-state index contributed by atoms with van der Waals surface area (Å²) >= 11 is 2.10. The Labute approximate surface area is 141 Å². The summed E-state index contributed by atoms with van der Waals surface area (Å²) in [6, 6.07) is 6.41. The van der Waals surface area contributed by atoms with E-state index in [0.29, 0.717) is 18.4 Å². The molecule has 0 unspecified atom stereocenters. The minimum Gasteiger partial charge on any atom is -0.322 e. The molecule has 116 valence electrons. The highest BCUT2D eigenvalue weighted by molar-refractivity contribution is 14.1. The number of nitrogens with one attached hydrogen (secondary N) is 2. The van der Waals surface area contributed by atoms with Crippen molar-refractivity contribution in [3.05, 3.63) is 33.4 Å². The third kappa shape index (κ3) is 2.69. The second-order valence-corrected chi connectivity index (χ2v) is 6.91. The number of halogens is 1. The van der Waals surface area contributed by atoms with Crippen LogP contribution in [0.3, 0.4) is 0 Å². The normalized spacial score (nSPS) is 20.1. The van der Waals surface area contributed by atoms with Crippen LogP contribution < -0.4 is 10.7 Å². The van der Waals surface area contributed by atoms with Crippen molar-refractivity contribution in [3.63, 3.8) is 0 Å². The van der Waals surface area contributed by atoms with Crippen molar-refractivity contribution in [2.24, 2.45) is 0 Å². The number of hydrazine groups is 1. The van der Waals surface area contributed by atoms with Crippen LogP contribution >= 0.6 is 22.6 Å². The van der Waals surface area contributed by atoms with Gasteiger partial charge in [0.15, 0.2) is 0 Å². The number of urea groups is 1. The Morgan fingerprint density at radius 1 is 1.23 bits per heavy atom. The Morgan fingerprint density at radius 2 is 1.95 bits per heavy atom. The Bertz CT molecular complexity index is 641. The Morgan fingerprint density at radius 3 is 2.64 bits per heavy atom. The highest BCUT2D eigenvalue weighted by Crippen LogP contribution is 2.33. The maximum atomic E-state index is 12.6. The summed E-state index contributed by atoms with van der Waals surface area (Å²) in [6.45, 7) is 0. The number of hydrogen-bond acceptors (Lipinski definition) is 3. The minimum atomic E-state index is -0.826. The first kappa shape index (κ1) is 15.3. The molecule has 1 heterocycles. The largest absolute Gasteiger partial charge is 0.344 e. The van der Waals surface area contributed by atoms with E-state index >= 15 is 0 Å². The fourth-order valence-electron chi connectivity index (χ4n) is 3.01. The van der Waals surface area contributed by atoms with E-state index in [2.05, 4.69) is 33.3 Å². The fourth-order valence-corrected chi connectivity index (χ4v) is 3.55. The first-order valence-corrected chi connectivity index (χ1v) is 8.33. The van der Waals surface area contributed by atoms with Crippen molar-refractivity contribution in [2.75, 3.05) is 0 Å². The van der Waals surface area contributed by atoms with Crippen molar-refractivity contribution in [3.8, 4) is 0 Å². The summed E-state index contributed by atoms with van der Waals surface area (Å²) in [7, 11) is 0. The number of rotatable bonds is 2. The third-order valence-electron chi connectivity index (χ3n) is 4.17. The van der Waals surface area contributed by atoms with Crippen molar-refractivity contribution < 1.29 is 14.4 Å². The second-order valence-electron chi connectivity index (χ2n) is 5.66. The summed E-state index contributed by atoms with van der Waals surface area (Å²) in [4.78, 5) is 36.8. The van der Waals surface area contributed by atoms with Crippen LogP contribution in [0, 0.1) is 3.57 Å².